The smallest absolute Gasteiger partial charge is 0.277 e. The molecule has 4 aromatic rings. The van der Waals surface area contributed by atoms with Crippen LogP contribution in [0.2, 0.25) is 0 Å². The lowest BCUT2D eigenvalue weighted by molar-refractivity contribution is 0.0703. The summed E-state index contributed by atoms with van der Waals surface area (Å²) in [5, 5.41) is 3.28. The van der Waals surface area contributed by atoms with E-state index in [4.69, 9.17) is 4.98 Å². The summed E-state index contributed by atoms with van der Waals surface area (Å²) >= 11 is 0. The number of H-pyrrole nitrogens is 1. The number of aromatic amines is 1. The Morgan fingerprint density at radius 1 is 0.921 bits per heavy atom. The number of aryl methyl sites for hydroxylation is 2. The van der Waals surface area contributed by atoms with Crippen LogP contribution in [0.5, 0.6) is 0 Å². The number of amides is 2. The van der Waals surface area contributed by atoms with Gasteiger partial charge in [0.1, 0.15) is 0 Å². The highest BCUT2D eigenvalue weighted by Gasteiger charge is 2.30. The maximum atomic E-state index is 13.5. The third kappa shape index (κ3) is 4.20. The van der Waals surface area contributed by atoms with Crippen molar-refractivity contribution in [2.75, 3.05) is 19.6 Å². The maximum Gasteiger partial charge on any atom is 0.277 e. The zero-order valence-corrected chi connectivity index (χ0v) is 21.7. The lowest BCUT2D eigenvalue weighted by Gasteiger charge is -2.32. The zero-order valence-electron chi connectivity index (χ0n) is 21.7. The molecule has 2 amide bonds. The predicted octanol–water partition coefficient (Wildman–Crippen LogP) is 3.86. The lowest BCUT2D eigenvalue weighted by Crippen LogP contribution is -2.40. The molecule has 1 N–H and O–H groups in total. The van der Waals surface area contributed by atoms with E-state index in [2.05, 4.69) is 5.10 Å². The van der Waals surface area contributed by atoms with Gasteiger partial charge in [0.05, 0.1) is 17.8 Å². The van der Waals surface area contributed by atoms with E-state index in [1.54, 1.807) is 4.90 Å². The highest BCUT2D eigenvalue weighted by atomic mass is 16.2. The van der Waals surface area contributed by atoms with E-state index in [1.807, 2.05) is 73.3 Å². The molecular formula is C30H31N5O3. The topological polar surface area (TPSA) is 90.8 Å². The van der Waals surface area contributed by atoms with Crippen molar-refractivity contribution in [2.45, 2.75) is 45.6 Å². The first-order valence-electron chi connectivity index (χ1n) is 13.2. The quantitative estimate of drug-likeness (QED) is 0.454. The summed E-state index contributed by atoms with van der Waals surface area (Å²) in [6.45, 7) is 5.97. The number of fused-ring (bicyclic) bond motifs is 2. The number of carbonyl (C=O) groups excluding carboxylic acids is 2. The number of aromatic nitrogens is 3. The van der Waals surface area contributed by atoms with Gasteiger partial charge in [-0.25, -0.2) is 9.50 Å². The van der Waals surface area contributed by atoms with Crippen molar-refractivity contribution in [1.82, 2.24) is 24.4 Å². The Morgan fingerprint density at radius 2 is 1.58 bits per heavy atom. The fraction of sp³-hybridized carbons (Fsp3) is 0.333. The second-order valence-electron chi connectivity index (χ2n) is 10.4. The van der Waals surface area contributed by atoms with Crippen LogP contribution >= 0.6 is 0 Å². The van der Waals surface area contributed by atoms with Gasteiger partial charge in [-0.3, -0.25) is 19.5 Å². The second kappa shape index (κ2) is 9.59. The Bertz CT molecular complexity index is 1620. The van der Waals surface area contributed by atoms with Gasteiger partial charge in [0.15, 0.2) is 5.65 Å². The molecule has 1 saturated heterocycles. The zero-order chi connectivity index (χ0) is 26.4. The molecule has 38 heavy (non-hydrogen) atoms. The van der Waals surface area contributed by atoms with Gasteiger partial charge in [-0.15, -0.1) is 0 Å². The summed E-state index contributed by atoms with van der Waals surface area (Å²) in [6, 6.07) is 17.2. The molecule has 0 saturated carbocycles. The normalized spacial score (nSPS) is 17.5. The van der Waals surface area contributed by atoms with E-state index in [0.29, 0.717) is 36.3 Å². The van der Waals surface area contributed by atoms with Gasteiger partial charge in [0.2, 0.25) is 0 Å². The van der Waals surface area contributed by atoms with E-state index < -0.39 is 0 Å². The average Bonchev–Trinajstić information content (AvgIpc) is 3.37. The SMILES string of the molecule is Cc1ccccc1C(=O)N1CCc2nc3cc([C@@H]4CCCN(C(=O)c5ccccc5C)C4)[nH]n3c(=O)c2C1. The van der Waals surface area contributed by atoms with Crippen LogP contribution in [0.3, 0.4) is 0 Å². The van der Waals surface area contributed by atoms with E-state index in [1.165, 1.54) is 4.52 Å². The summed E-state index contributed by atoms with van der Waals surface area (Å²) in [7, 11) is 0. The van der Waals surface area contributed by atoms with Crippen LogP contribution in [0.25, 0.3) is 5.65 Å². The highest BCUT2D eigenvalue weighted by Crippen LogP contribution is 2.28. The predicted molar refractivity (Wildman–Crippen MR) is 144 cm³/mol. The number of nitrogens with one attached hydrogen (secondary N) is 1. The van der Waals surface area contributed by atoms with Crippen LogP contribution in [-0.2, 0) is 13.0 Å². The molecule has 2 aliphatic rings. The number of hydrogen-bond acceptors (Lipinski definition) is 4. The van der Waals surface area contributed by atoms with E-state index in [9.17, 15) is 14.4 Å². The summed E-state index contributed by atoms with van der Waals surface area (Å²) in [6.07, 6.45) is 2.37. The molecule has 194 valence electrons. The van der Waals surface area contributed by atoms with Crippen LogP contribution < -0.4 is 5.56 Å². The molecule has 0 aliphatic carbocycles. The van der Waals surface area contributed by atoms with Gasteiger partial charge < -0.3 is 9.80 Å². The monoisotopic (exact) mass is 509 g/mol. The Kier molecular flexibility index (Phi) is 6.10. The van der Waals surface area contributed by atoms with E-state index in [0.717, 1.165) is 47.5 Å². The number of nitrogens with zero attached hydrogens (tertiary/aromatic N) is 4. The third-order valence-electron chi connectivity index (χ3n) is 7.97. The molecule has 1 fully saturated rings. The molecule has 0 unspecified atom stereocenters. The van der Waals surface area contributed by atoms with Crippen LogP contribution in [0.15, 0.2) is 59.4 Å². The lowest BCUT2D eigenvalue weighted by atomic mass is 9.94. The van der Waals surface area contributed by atoms with Crippen LogP contribution in [0, 0.1) is 13.8 Å². The second-order valence-corrected chi connectivity index (χ2v) is 10.4. The van der Waals surface area contributed by atoms with Gasteiger partial charge >= 0.3 is 0 Å². The number of benzene rings is 2. The molecule has 4 heterocycles. The molecule has 1 atom stereocenters. The van der Waals surface area contributed by atoms with Gasteiger partial charge in [-0.1, -0.05) is 36.4 Å². The summed E-state index contributed by atoms with van der Waals surface area (Å²) in [5.41, 5.74) is 5.94. The van der Waals surface area contributed by atoms with E-state index in [-0.39, 0.29) is 29.8 Å². The Hall–Kier alpha value is -4.20. The summed E-state index contributed by atoms with van der Waals surface area (Å²) < 4.78 is 1.50. The van der Waals surface area contributed by atoms with Gasteiger partial charge in [-0.2, -0.15) is 0 Å². The summed E-state index contributed by atoms with van der Waals surface area (Å²) in [4.78, 5) is 48.4. The molecule has 8 heteroatoms. The number of carbonyl (C=O) groups is 2. The number of likely N-dealkylation sites (tertiary alicyclic amines) is 1. The van der Waals surface area contributed by atoms with Crippen LogP contribution in [-0.4, -0.2) is 55.8 Å². The number of hydrogen-bond donors (Lipinski definition) is 1. The molecule has 0 bridgehead atoms. The Balaban J connectivity index is 1.26. The minimum Gasteiger partial charge on any atom is -0.338 e. The Labute approximate surface area is 220 Å². The van der Waals surface area contributed by atoms with Crippen molar-refractivity contribution >= 4 is 17.5 Å². The summed E-state index contributed by atoms with van der Waals surface area (Å²) in [5.74, 6) is 0.0769. The molecule has 2 aromatic heterocycles. The largest absolute Gasteiger partial charge is 0.338 e. The van der Waals surface area contributed by atoms with Crippen molar-refractivity contribution < 1.29 is 9.59 Å². The van der Waals surface area contributed by atoms with Crippen molar-refractivity contribution in [3.63, 3.8) is 0 Å². The molecule has 0 spiro atoms. The molecule has 0 radical (unpaired) electrons. The highest BCUT2D eigenvalue weighted by molar-refractivity contribution is 5.96. The first kappa shape index (κ1) is 24.2. The minimum atomic E-state index is -0.165. The first-order chi connectivity index (χ1) is 18.4. The molecular weight excluding hydrogens is 478 g/mol. The number of piperidine rings is 1. The van der Waals surface area contributed by atoms with Crippen LogP contribution in [0.4, 0.5) is 0 Å². The molecule has 2 aliphatic heterocycles. The van der Waals surface area contributed by atoms with Crippen molar-refractivity contribution in [1.29, 1.82) is 0 Å². The fourth-order valence-electron chi connectivity index (χ4n) is 5.76. The third-order valence-corrected chi connectivity index (χ3v) is 7.97. The number of rotatable bonds is 3. The molecule has 2 aromatic carbocycles. The van der Waals surface area contributed by atoms with Gasteiger partial charge in [0, 0.05) is 54.9 Å². The molecule has 8 nitrogen and oxygen atoms in total. The Morgan fingerprint density at radius 3 is 2.26 bits per heavy atom. The van der Waals surface area contributed by atoms with Gasteiger partial charge in [-0.05, 0) is 49.9 Å². The standard InChI is InChI=1S/C30H31N5O3/c1-19-8-3-5-11-22(19)28(36)33-14-7-10-21(17-33)26-16-27-31-25-13-15-34(18-24(25)30(38)35(27)32-26)29(37)23-12-6-4-9-20(23)2/h3-6,8-9,11-12,16,21,32H,7,10,13-15,17-18H2,1-2H3/t21-/m1/s1. The fourth-order valence-corrected chi connectivity index (χ4v) is 5.76. The van der Waals surface area contributed by atoms with E-state index >= 15 is 0 Å². The average molecular weight is 510 g/mol. The first-order valence-corrected chi connectivity index (χ1v) is 13.2. The van der Waals surface area contributed by atoms with Crippen LogP contribution in [0.1, 0.15) is 67.6 Å². The van der Waals surface area contributed by atoms with Crippen molar-refractivity contribution in [2.24, 2.45) is 0 Å². The molecule has 6 rings (SSSR count). The maximum absolute atomic E-state index is 13.5. The van der Waals surface area contributed by atoms with Crippen molar-refractivity contribution in [3.05, 3.63) is 104 Å². The minimum absolute atomic E-state index is 0.0491. The van der Waals surface area contributed by atoms with Gasteiger partial charge in [0.25, 0.3) is 17.4 Å². The van der Waals surface area contributed by atoms with Crippen molar-refractivity contribution in [3.8, 4) is 0 Å².